The van der Waals surface area contributed by atoms with E-state index in [-0.39, 0.29) is 16.8 Å². The van der Waals surface area contributed by atoms with Gasteiger partial charge in [-0.05, 0) is 49.2 Å². The van der Waals surface area contributed by atoms with E-state index in [1.54, 1.807) is 11.1 Å². The van der Waals surface area contributed by atoms with Crippen molar-refractivity contribution in [3.8, 4) is 0 Å². The maximum absolute atomic E-state index is 12.7. The van der Waals surface area contributed by atoms with Gasteiger partial charge in [0.2, 0.25) is 10.0 Å². The van der Waals surface area contributed by atoms with Crippen molar-refractivity contribution < 1.29 is 13.2 Å². The maximum Gasteiger partial charge on any atom is 0.254 e. The number of primary sulfonamides is 1. The average Bonchev–Trinajstić information content (AvgIpc) is 3.04. The number of aromatic nitrogens is 1. The van der Waals surface area contributed by atoms with Gasteiger partial charge in [-0.2, -0.15) is 0 Å². The monoisotopic (exact) mass is 331 g/mol. The lowest BCUT2D eigenvalue weighted by Gasteiger charge is -2.24. The van der Waals surface area contributed by atoms with Crippen LogP contribution in [0.2, 0.25) is 0 Å². The highest BCUT2D eigenvalue weighted by molar-refractivity contribution is 7.89. The fourth-order valence-corrected chi connectivity index (χ4v) is 3.36. The minimum atomic E-state index is -3.75. The van der Waals surface area contributed by atoms with Gasteiger partial charge in [0.05, 0.1) is 16.6 Å². The molecule has 1 aliphatic rings. The van der Waals surface area contributed by atoms with E-state index in [0.29, 0.717) is 12.1 Å². The quantitative estimate of drug-likeness (QED) is 0.926. The van der Waals surface area contributed by atoms with Crippen LogP contribution in [0.4, 0.5) is 0 Å². The molecule has 0 bridgehead atoms. The third kappa shape index (κ3) is 3.25. The van der Waals surface area contributed by atoms with Crippen molar-refractivity contribution in [3.63, 3.8) is 0 Å². The third-order valence-electron chi connectivity index (χ3n) is 3.97. The van der Waals surface area contributed by atoms with E-state index in [1.807, 2.05) is 18.2 Å². The van der Waals surface area contributed by atoms with Crippen molar-refractivity contribution in [1.82, 2.24) is 9.88 Å². The third-order valence-corrected chi connectivity index (χ3v) is 4.90. The molecule has 0 radical (unpaired) electrons. The van der Waals surface area contributed by atoms with Gasteiger partial charge in [-0.25, -0.2) is 13.6 Å². The standard InChI is InChI=1S/C16H17N3O3S/c17-23(21,22)13-8-6-12(7-9-13)16(20)19-11-3-5-15(19)14-4-1-2-10-18-14/h1-2,4,6-10,15H,3,5,11H2,(H2,17,21,22)/t15-/m1/s1. The number of nitrogens with two attached hydrogens (primary N) is 1. The maximum atomic E-state index is 12.7. The molecule has 1 amide bonds. The fraction of sp³-hybridized carbons (Fsp3) is 0.250. The number of hydrogen-bond donors (Lipinski definition) is 1. The van der Waals surface area contributed by atoms with Gasteiger partial charge in [-0.15, -0.1) is 0 Å². The Labute approximate surface area is 135 Å². The molecule has 2 aromatic rings. The summed E-state index contributed by atoms with van der Waals surface area (Å²) in [5, 5.41) is 5.07. The molecule has 23 heavy (non-hydrogen) atoms. The van der Waals surface area contributed by atoms with Crippen LogP contribution in [0.1, 0.15) is 34.9 Å². The lowest BCUT2D eigenvalue weighted by molar-refractivity contribution is 0.0733. The molecular formula is C16H17N3O3S. The minimum absolute atomic E-state index is 0.00301. The number of hydrogen-bond acceptors (Lipinski definition) is 4. The summed E-state index contributed by atoms with van der Waals surface area (Å²) in [7, 11) is -3.75. The summed E-state index contributed by atoms with van der Waals surface area (Å²) in [6.07, 6.45) is 3.51. The molecule has 6 nitrogen and oxygen atoms in total. The van der Waals surface area contributed by atoms with Gasteiger partial charge in [0.25, 0.3) is 5.91 Å². The van der Waals surface area contributed by atoms with Gasteiger partial charge < -0.3 is 4.90 Å². The van der Waals surface area contributed by atoms with E-state index >= 15 is 0 Å². The van der Waals surface area contributed by atoms with Crippen molar-refractivity contribution in [1.29, 1.82) is 0 Å². The highest BCUT2D eigenvalue weighted by Crippen LogP contribution is 2.31. The summed E-state index contributed by atoms with van der Waals surface area (Å²) in [5.41, 5.74) is 1.32. The number of nitrogens with zero attached hydrogens (tertiary/aromatic N) is 2. The number of likely N-dealkylation sites (tertiary alicyclic amines) is 1. The lowest BCUT2D eigenvalue weighted by atomic mass is 10.1. The van der Waals surface area contributed by atoms with E-state index in [1.165, 1.54) is 24.3 Å². The molecule has 1 atom stereocenters. The molecule has 0 unspecified atom stereocenters. The Morgan fingerprint density at radius 1 is 1.17 bits per heavy atom. The predicted molar refractivity (Wildman–Crippen MR) is 85.1 cm³/mol. The second-order valence-electron chi connectivity index (χ2n) is 5.48. The second kappa shape index (κ2) is 6.10. The summed E-state index contributed by atoms with van der Waals surface area (Å²) >= 11 is 0. The molecule has 1 fully saturated rings. The molecule has 120 valence electrons. The van der Waals surface area contributed by atoms with Crippen LogP contribution in [0.5, 0.6) is 0 Å². The van der Waals surface area contributed by atoms with E-state index in [2.05, 4.69) is 4.98 Å². The first-order valence-corrected chi connectivity index (χ1v) is 8.86. The first kappa shape index (κ1) is 15.6. The molecule has 1 saturated heterocycles. The molecule has 1 aromatic carbocycles. The van der Waals surface area contributed by atoms with Crippen molar-refractivity contribution >= 4 is 15.9 Å². The number of rotatable bonds is 3. The Bertz CT molecular complexity index is 804. The van der Waals surface area contributed by atoms with Crippen LogP contribution < -0.4 is 5.14 Å². The molecule has 0 spiro atoms. The summed E-state index contributed by atoms with van der Waals surface area (Å²) in [6, 6.07) is 11.3. The lowest BCUT2D eigenvalue weighted by Crippen LogP contribution is -2.31. The molecule has 0 aliphatic carbocycles. The van der Waals surface area contributed by atoms with Gasteiger partial charge in [0, 0.05) is 18.3 Å². The summed E-state index contributed by atoms with van der Waals surface area (Å²) < 4.78 is 22.6. The van der Waals surface area contributed by atoms with Crippen LogP contribution in [0.25, 0.3) is 0 Å². The zero-order chi connectivity index (χ0) is 16.4. The molecule has 2 heterocycles. The smallest absolute Gasteiger partial charge is 0.254 e. The zero-order valence-corrected chi connectivity index (χ0v) is 13.2. The minimum Gasteiger partial charge on any atom is -0.330 e. The Hall–Kier alpha value is -2.25. The Kier molecular flexibility index (Phi) is 4.14. The molecule has 1 aliphatic heterocycles. The summed E-state index contributed by atoms with van der Waals surface area (Å²) in [4.78, 5) is 18.8. The van der Waals surface area contributed by atoms with Crippen LogP contribution in [0.15, 0.2) is 53.6 Å². The first-order valence-electron chi connectivity index (χ1n) is 7.31. The highest BCUT2D eigenvalue weighted by Gasteiger charge is 2.31. The van der Waals surface area contributed by atoms with Crippen LogP contribution in [0, 0.1) is 0 Å². The first-order chi connectivity index (χ1) is 11.0. The van der Waals surface area contributed by atoms with Gasteiger partial charge in [0.1, 0.15) is 0 Å². The van der Waals surface area contributed by atoms with Crippen LogP contribution in [0.3, 0.4) is 0 Å². The van der Waals surface area contributed by atoms with Gasteiger partial charge >= 0.3 is 0 Å². The van der Waals surface area contributed by atoms with E-state index in [9.17, 15) is 13.2 Å². The largest absolute Gasteiger partial charge is 0.330 e. The number of benzene rings is 1. The normalized spacial score (nSPS) is 18.1. The Balaban J connectivity index is 1.85. The Morgan fingerprint density at radius 3 is 2.52 bits per heavy atom. The van der Waals surface area contributed by atoms with E-state index in [4.69, 9.17) is 5.14 Å². The van der Waals surface area contributed by atoms with Crippen molar-refractivity contribution in [2.24, 2.45) is 5.14 Å². The van der Waals surface area contributed by atoms with Gasteiger partial charge in [-0.3, -0.25) is 9.78 Å². The Morgan fingerprint density at radius 2 is 1.91 bits per heavy atom. The number of pyridine rings is 1. The molecule has 3 rings (SSSR count). The zero-order valence-electron chi connectivity index (χ0n) is 12.4. The topological polar surface area (TPSA) is 93.4 Å². The van der Waals surface area contributed by atoms with Gasteiger partial charge in [0.15, 0.2) is 0 Å². The van der Waals surface area contributed by atoms with E-state index in [0.717, 1.165) is 18.5 Å². The summed E-state index contributed by atoms with van der Waals surface area (Å²) in [6.45, 7) is 0.664. The molecule has 0 saturated carbocycles. The van der Waals surface area contributed by atoms with Gasteiger partial charge in [-0.1, -0.05) is 6.07 Å². The number of sulfonamides is 1. The van der Waals surface area contributed by atoms with E-state index < -0.39 is 10.0 Å². The van der Waals surface area contributed by atoms with Crippen LogP contribution in [-0.2, 0) is 10.0 Å². The number of carbonyl (C=O) groups is 1. The van der Waals surface area contributed by atoms with Crippen LogP contribution >= 0.6 is 0 Å². The van der Waals surface area contributed by atoms with Crippen molar-refractivity contribution in [3.05, 3.63) is 59.9 Å². The predicted octanol–water partition coefficient (Wildman–Crippen LogP) is 1.71. The molecule has 1 aromatic heterocycles. The van der Waals surface area contributed by atoms with Crippen molar-refractivity contribution in [2.75, 3.05) is 6.54 Å². The molecule has 7 heteroatoms. The molecule has 2 N–H and O–H groups in total. The number of carbonyl (C=O) groups excluding carboxylic acids is 1. The SMILES string of the molecule is NS(=O)(=O)c1ccc(C(=O)N2CCC[C@@H]2c2ccccn2)cc1. The highest BCUT2D eigenvalue weighted by atomic mass is 32.2. The van der Waals surface area contributed by atoms with Crippen LogP contribution in [-0.4, -0.2) is 30.8 Å². The van der Waals surface area contributed by atoms with Crippen molar-refractivity contribution in [2.45, 2.75) is 23.8 Å². The average molecular weight is 331 g/mol. The number of amides is 1. The summed E-state index contributed by atoms with van der Waals surface area (Å²) in [5.74, 6) is -0.126. The molecular weight excluding hydrogens is 314 g/mol. The second-order valence-corrected chi connectivity index (χ2v) is 7.04. The fourth-order valence-electron chi connectivity index (χ4n) is 2.84.